The third kappa shape index (κ3) is 2.84. The summed E-state index contributed by atoms with van der Waals surface area (Å²) >= 11 is 7.95. The van der Waals surface area contributed by atoms with E-state index in [4.69, 9.17) is 16.0 Å². The van der Waals surface area contributed by atoms with Gasteiger partial charge in [-0.2, -0.15) is 0 Å². The van der Waals surface area contributed by atoms with E-state index in [0.29, 0.717) is 10.9 Å². The van der Waals surface area contributed by atoms with Gasteiger partial charge in [0.15, 0.2) is 5.76 Å². The molecule has 0 unspecified atom stereocenters. The Kier molecular flexibility index (Phi) is 3.72. The second-order valence-electron chi connectivity index (χ2n) is 4.34. The Morgan fingerprint density at radius 2 is 2.00 bits per heavy atom. The first-order chi connectivity index (χ1) is 9.72. The first kappa shape index (κ1) is 13.2. The van der Waals surface area contributed by atoms with Gasteiger partial charge in [0.25, 0.3) is 0 Å². The molecule has 0 aliphatic rings. The number of oxazole rings is 1. The zero-order chi connectivity index (χ0) is 13.9. The fourth-order valence-electron chi connectivity index (χ4n) is 1.84. The predicted octanol–water partition coefficient (Wildman–Crippen LogP) is 5.45. The van der Waals surface area contributed by atoms with E-state index in [1.54, 1.807) is 17.5 Å². The van der Waals surface area contributed by atoms with Gasteiger partial charge in [0.1, 0.15) is 5.03 Å². The fourth-order valence-corrected chi connectivity index (χ4v) is 2.93. The van der Waals surface area contributed by atoms with Crippen LogP contribution in [0.5, 0.6) is 0 Å². The van der Waals surface area contributed by atoms with Crippen molar-refractivity contribution in [3.05, 3.63) is 64.3 Å². The molecule has 0 spiro atoms. The molecule has 1 aromatic carbocycles. The second-order valence-corrected chi connectivity index (χ2v) is 6.06. The maximum absolute atomic E-state index is 6.26. The average molecular weight is 302 g/mol. The monoisotopic (exact) mass is 301 g/mol. The molecule has 0 fully saturated rings. The summed E-state index contributed by atoms with van der Waals surface area (Å²) in [6.07, 6.45) is 3.57. The van der Waals surface area contributed by atoms with Crippen molar-refractivity contribution < 1.29 is 4.42 Å². The first-order valence-electron chi connectivity index (χ1n) is 6.17. The van der Waals surface area contributed by atoms with Gasteiger partial charge in [-0.05, 0) is 25.1 Å². The molecular formula is C16H12ClNOS. The number of thiophene rings is 1. The van der Waals surface area contributed by atoms with E-state index in [9.17, 15) is 0 Å². The Bertz CT molecular complexity index is 743. The van der Waals surface area contributed by atoms with E-state index in [0.717, 1.165) is 16.2 Å². The maximum Gasteiger partial charge on any atom is 0.238 e. The zero-order valence-corrected chi connectivity index (χ0v) is 12.4. The van der Waals surface area contributed by atoms with Crippen molar-refractivity contribution in [3.63, 3.8) is 0 Å². The number of halogens is 1. The summed E-state index contributed by atoms with van der Waals surface area (Å²) in [6, 6.07) is 13.9. The van der Waals surface area contributed by atoms with Crippen LogP contribution in [0.15, 0.2) is 53.1 Å². The molecule has 2 aromatic heterocycles. The molecule has 0 bridgehead atoms. The van der Waals surface area contributed by atoms with Crippen molar-refractivity contribution in [1.82, 2.24) is 4.98 Å². The number of hydrogen-bond donors (Lipinski definition) is 0. The van der Waals surface area contributed by atoms with E-state index in [-0.39, 0.29) is 0 Å². The largest absolute Gasteiger partial charge is 0.435 e. The van der Waals surface area contributed by atoms with E-state index >= 15 is 0 Å². The van der Waals surface area contributed by atoms with Gasteiger partial charge in [-0.15, -0.1) is 11.3 Å². The highest BCUT2D eigenvalue weighted by atomic mass is 35.5. The van der Waals surface area contributed by atoms with Crippen LogP contribution in [0.25, 0.3) is 22.4 Å². The Balaban J connectivity index is 1.88. The van der Waals surface area contributed by atoms with Crippen LogP contribution in [-0.4, -0.2) is 4.98 Å². The van der Waals surface area contributed by atoms with Crippen molar-refractivity contribution in [3.8, 4) is 11.3 Å². The molecular weight excluding hydrogens is 290 g/mol. The smallest absolute Gasteiger partial charge is 0.238 e. The van der Waals surface area contributed by atoms with E-state index in [1.165, 1.54) is 4.88 Å². The minimum absolute atomic E-state index is 0.441. The van der Waals surface area contributed by atoms with Crippen LogP contribution >= 0.6 is 22.9 Å². The molecule has 0 radical (unpaired) electrons. The first-order valence-corrected chi connectivity index (χ1v) is 7.37. The quantitative estimate of drug-likeness (QED) is 0.643. The fraction of sp³-hybridized carbons (Fsp3) is 0.0625. The molecule has 0 saturated heterocycles. The van der Waals surface area contributed by atoms with Crippen LogP contribution in [0.2, 0.25) is 0 Å². The minimum atomic E-state index is 0.441. The Morgan fingerprint density at radius 3 is 2.70 bits per heavy atom. The van der Waals surface area contributed by atoms with Crippen LogP contribution in [0.4, 0.5) is 0 Å². The molecule has 0 N–H and O–H groups in total. The number of aryl methyl sites for hydroxylation is 1. The highest BCUT2D eigenvalue weighted by molar-refractivity contribution is 7.12. The Labute approximate surface area is 126 Å². The van der Waals surface area contributed by atoms with Gasteiger partial charge in [-0.3, -0.25) is 0 Å². The molecule has 0 saturated carbocycles. The lowest BCUT2D eigenvalue weighted by atomic mass is 10.2. The standard InChI is InChI=1S/C16H12ClNOS/c1-11-7-8-13(20-11)9-14(17)16-18-10-15(19-16)12-5-3-2-4-6-12/h2-10H,1H3/b14-9-. The van der Waals surface area contributed by atoms with Crippen molar-refractivity contribution in [2.75, 3.05) is 0 Å². The van der Waals surface area contributed by atoms with Crippen LogP contribution in [-0.2, 0) is 0 Å². The van der Waals surface area contributed by atoms with Gasteiger partial charge >= 0.3 is 0 Å². The van der Waals surface area contributed by atoms with Gasteiger partial charge in [0.2, 0.25) is 5.89 Å². The second kappa shape index (κ2) is 5.65. The lowest BCUT2D eigenvalue weighted by Crippen LogP contribution is -1.74. The number of nitrogens with zero attached hydrogens (tertiary/aromatic N) is 1. The molecule has 20 heavy (non-hydrogen) atoms. The van der Waals surface area contributed by atoms with Crippen molar-refractivity contribution in [2.24, 2.45) is 0 Å². The Morgan fingerprint density at radius 1 is 1.20 bits per heavy atom. The van der Waals surface area contributed by atoms with Gasteiger partial charge in [-0.25, -0.2) is 4.98 Å². The number of aromatic nitrogens is 1. The molecule has 100 valence electrons. The third-order valence-electron chi connectivity index (χ3n) is 2.80. The number of rotatable bonds is 3. The molecule has 3 rings (SSSR count). The Hall–Kier alpha value is -1.84. The summed E-state index contributed by atoms with van der Waals surface area (Å²) in [6.45, 7) is 2.06. The van der Waals surface area contributed by atoms with E-state index in [1.807, 2.05) is 42.5 Å². The summed E-state index contributed by atoms with van der Waals surface area (Å²) in [5, 5.41) is 0.508. The minimum Gasteiger partial charge on any atom is -0.435 e. The third-order valence-corrected chi connectivity index (χ3v) is 4.02. The van der Waals surface area contributed by atoms with Crippen LogP contribution < -0.4 is 0 Å². The number of benzene rings is 1. The van der Waals surface area contributed by atoms with E-state index < -0.39 is 0 Å². The summed E-state index contributed by atoms with van der Waals surface area (Å²) in [5.74, 6) is 1.16. The SMILES string of the molecule is Cc1ccc(/C=C(\Cl)c2ncc(-c3ccccc3)o2)s1. The maximum atomic E-state index is 6.26. The van der Waals surface area contributed by atoms with Crippen molar-refractivity contribution in [1.29, 1.82) is 0 Å². The molecule has 4 heteroatoms. The van der Waals surface area contributed by atoms with Crippen LogP contribution in [0.1, 0.15) is 15.6 Å². The molecule has 0 aliphatic heterocycles. The predicted molar refractivity (Wildman–Crippen MR) is 84.7 cm³/mol. The van der Waals surface area contributed by atoms with Crippen molar-refractivity contribution >= 4 is 34.0 Å². The molecule has 2 heterocycles. The van der Waals surface area contributed by atoms with E-state index in [2.05, 4.69) is 18.0 Å². The summed E-state index contributed by atoms with van der Waals surface area (Å²) in [7, 11) is 0. The van der Waals surface area contributed by atoms with Gasteiger partial charge in [0.05, 0.1) is 6.20 Å². The lowest BCUT2D eigenvalue weighted by Gasteiger charge is -1.94. The normalized spacial score (nSPS) is 11.8. The van der Waals surface area contributed by atoms with Crippen LogP contribution in [0.3, 0.4) is 0 Å². The molecule has 2 nitrogen and oxygen atoms in total. The molecule has 0 aliphatic carbocycles. The number of hydrogen-bond acceptors (Lipinski definition) is 3. The lowest BCUT2D eigenvalue weighted by molar-refractivity contribution is 0.559. The zero-order valence-electron chi connectivity index (χ0n) is 10.8. The summed E-state index contributed by atoms with van der Waals surface area (Å²) in [5.41, 5.74) is 0.989. The van der Waals surface area contributed by atoms with Gasteiger partial charge in [0, 0.05) is 15.3 Å². The summed E-state index contributed by atoms with van der Waals surface area (Å²) in [4.78, 5) is 6.57. The molecule has 0 amide bonds. The molecule has 0 atom stereocenters. The highest BCUT2D eigenvalue weighted by Gasteiger charge is 2.09. The average Bonchev–Trinajstić information content (AvgIpc) is 3.09. The summed E-state index contributed by atoms with van der Waals surface area (Å²) < 4.78 is 5.70. The van der Waals surface area contributed by atoms with Gasteiger partial charge in [-0.1, -0.05) is 41.9 Å². The van der Waals surface area contributed by atoms with Gasteiger partial charge < -0.3 is 4.42 Å². The molecule has 3 aromatic rings. The highest BCUT2D eigenvalue weighted by Crippen LogP contribution is 2.28. The van der Waals surface area contributed by atoms with Crippen LogP contribution in [0, 0.1) is 6.92 Å². The topological polar surface area (TPSA) is 26.0 Å². The van der Waals surface area contributed by atoms with Crippen molar-refractivity contribution in [2.45, 2.75) is 6.92 Å².